The number of esters is 2. The molecule has 3 aromatic carbocycles. The van der Waals surface area contributed by atoms with E-state index >= 15 is 0 Å². The van der Waals surface area contributed by atoms with E-state index in [0.29, 0.717) is 42.5 Å². The Morgan fingerprint density at radius 2 is 1.34 bits per heavy atom. The average Bonchev–Trinajstić information content (AvgIpc) is 3.13. The Labute approximate surface area is 287 Å². The minimum atomic E-state index is -0.700. The number of aromatic nitrogens is 1. The van der Waals surface area contributed by atoms with Gasteiger partial charge in [0.2, 0.25) is 0 Å². The second-order valence-corrected chi connectivity index (χ2v) is 12.1. The van der Waals surface area contributed by atoms with E-state index in [0.717, 1.165) is 12.1 Å². The molecule has 0 spiro atoms. The van der Waals surface area contributed by atoms with E-state index in [1.165, 1.54) is 46.6 Å². The summed E-state index contributed by atoms with van der Waals surface area (Å²) in [4.78, 5) is 66.8. The van der Waals surface area contributed by atoms with E-state index < -0.39 is 23.8 Å². The zero-order chi connectivity index (χ0) is 35.5. The molecule has 4 aromatic rings. The molecular formula is C37H36N4O9. The van der Waals surface area contributed by atoms with Crippen LogP contribution in [0.3, 0.4) is 0 Å². The van der Waals surface area contributed by atoms with Crippen LogP contribution in [0.1, 0.15) is 59.5 Å². The molecule has 13 nitrogen and oxygen atoms in total. The quantitative estimate of drug-likeness (QED) is 0.240. The van der Waals surface area contributed by atoms with Gasteiger partial charge >= 0.3 is 11.9 Å². The van der Waals surface area contributed by atoms with Crippen molar-refractivity contribution < 1.29 is 38.1 Å². The van der Waals surface area contributed by atoms with Crippen LogP contribution in [-0.2, 0) is 16.0 Å². The number of hydrogen-bond acceptors (Lipinski definition) is 10. The summed E-state index contributed by atoms with van der Waals surface area (Å²) in [5.74, 6) is -1.26. The lowest BCUT2D eigenvalue weighted by molar-refractivity contribution is 0.0598. The minimum Gasteiger partial charge on any atom is -0.497 e. The number of anilines is 3. The van der Waals surface area contributed by atoms with Gasteiger partial charge in [-0.1, -0.05) is 6.07 Å². The fourth-order valence-corrected chi connectivity index (χ4v) is 6.65. The Bertz CT molecular complexity index is 2000. The fourth-order valence-electron chi connectivity index (χ4n) is 6.65. The molecule has 2 atom stereocenters. The normalized spacial score (nSPS) is 16.0. The van der Waals surface area contributed by atoms with Crippen molar-refractivity contribution in [2.24, 2.45) is 5.92 Å². The Balaban J connectivity index is 1.36. The molecule has 2 aliphatic rings. The van der Waals surface area contributed by atoms with Gasteiger partial charge in [-0.05, 0) is 66.9 Å². The SMILES string of the molecule is COC(=O)c1cc(NC(=O)c2ccc(N3CC4CC(C3)c3cccc(=O)n3C4)c(NC(=O)c3cc(OC)cc(OC)c3)c2)cc(C(=O)OC)c1. The van der Waals surface area contributed by atoms with E-state index in [4.69, 9.17) is 18.9 Å². The van der Waals surface area contributed by atoms with Crippen LogP contribution in [0.5, 0.6) is 11.5 Å². The van der Waals surface area contributed by atoms with Crippen molar-refractivity contribution in [2.45, 2.75) is 18.9 Å². The highest BCUT2D eigenvalue weighted by atomic mass is 16.5. The van der Waals surface area contributed by atoms with Crippen molar-refractivity contribution in [1.29, 1.82) is 0 Å². The predicted octanol–water partition coefficient (Wildman–Crippen LogP) is 4.57. The Kier molecular flexibility index (Phi) is 9.57. The monoisotopic (exact) mass is 680 g/mol. The number of carbonyl (C=O) groups is 4. The van der Waals surface area contributed by atoms with Crippen LogP contribution >= 0.6 is 0 Å². The van der Waals surface area contributed by atoms with Gasteiger partial charge in [0.1, 0.15) is 11.5 Å². The third-order valence-electron chi connectivity index (χ3n) is 8.97. The van der Waals surface area contributed by atoms with Crippen LogP contribution in [0.25, 0.3) is 0 Å². The van der Waals surface area contributed by atoms with Gasteiger partial charge in [0.05, 0.1) is 50.9 Å². The molecule has 2 bridgehead atoms. The van der Waals surface area contributed by atoms with Gasteiger partial charge in [-0.15, -0.1) is 0 Å². The summed E-state index contributed by atoms with van der Waals surface area (Å²) < 4.78 is 22.2. The standard InChI is InChI=1S/C37H36N4O9/c1-47-28-14-23(15-29(17-28)48-2)35(44)39-30-16-22(34(43)38-27-12-24(36(45)49-3)11-25(13-27)37(46)50-4)8-9-32(30)40-18-21-10-26(20-40)31-6-5-7-33(42)41(31)19-21/h5-9,11-17,21,26H,10,18-20H2,1-4H3,(H,38,43)(H,39,44). The van der Waals surface area contributed by atoms with Gasteiger partial charge in [-0.3, -0.25) is 14.4 Å². The van der Waals surface area contributed by atoms with Gasteiger partial charge in [0, 0.05) is 60.2 Å². The van der Waals surface area contributed by atoms with Gasteiger partial charge in [0.15, 0.2) is 0 Å². The molecule has 0 saturated carbocycles. The summed E-state index contributed by atoms with van der Waals surface area (Å²) in [5.41, 5.74) is 2.77. The summed E-state index contributed by atoms with van der Waals surface area (Å²) in [6, 6.07) is 19.3. The van der Waals surface area contributed by atoms with Crippen LogP contribution in [0.4, 0.5) is 17.1 Å². The van der Waals surface area contributed by atoms with Gasteiger partial charge in [-0.2, -0.15) is 0 Å². The molecule has 6 rings (SSSR count). The number of rotatable bonds is 9. The Hall–Kier alpha value is -6.11. The molecule has 50 heavy (non-hydrogen) atoms. The van der Waals surface area contributed by atoms with Crippen molar-refractivity contribution >= 4 is 40.8 Å². The maximum absolute atomic E-state index is 13.7. The summed E-state index contributed by atoms with van der Waals surface area (Å²) in [6.45, 7) is 1.82. The summed E-state index contributed by atoms with van der Waals surface area (Å²) in [6.07, 6.45) is 0.934. The van der Waals surface area contributed by atoms with Crippen molar-refractivity contribution in [3.8, 4) is 11.5 Å². The third kappa shape index (κ3) is 6.88. The van der Waals surface area contributed by atoms with Gasteiger partial charge in [0.25, 0.3) is 17.4 Å². The lowest BCUT2D eigenvalue weighted by Gasteiger charge is -2.44. The molecule has 2 aliphatic heterocycles. The summed E-state index contributed by atoms with van der Waals surface area (Å²) in [7, 11) is 5.40. The zero-order valence-corrected chi connectivity index (χ0v) is 28.0. The fraction of sp³-hybridized carbons (Fsp3) is 0.270. The van der Waals surface area contributed by atoms with Crippen LogP contribution in [0.2, 0.25) is 0 Å². The minimum absolute atomic E-state index is 0.0153. The van der Waals surface area contributed by atoms with Gasteiger partial charge in [-0.25, -0.2) is 9.59 Å². The molecule has 3 heterocycles. The predicted molar refractivity (Wildman–Crippen MR) is 185 cm³/mol. The number of methoxy groups -OCH3 is 4. The van der Waals surface area contributed by atoms with Crippen molar-refractivity contribution in [1.82, 2.24) is 4.57 Å². The van der Waals surface area contributed by atoms with Crippen LogP contribution < -0.4 is 30.6 Å². The third-order valence-corrected chi connectivity index (χ3v) is 8.97. The number of piperidine rings is 1. The molecule has 1 aromatic heterocycles. The average molecular weight is 681 g/mol. The van der Waals surface area contributed by atoms with E-state index in [-0.39, 0.29) is 45.3 Å². The molecule has 2 unspecified atom stereocenters. The molecular weight excluding hydrogens is 644 g/mol. The number of hydrogen-bond donors (Lipinski definition) is 2. The van der Waals surface area contributed by atoms with Crippen molar-refractivity contribution in [3.63, 3.8) is 0 Å². The van der Waals surface area contributed by atoms with Crippen molar-refractivity contribution in [2.75, 3.05) is 57.1 Å². The van der Waals surface area contributed by atoms with Gasteiger partial charge < -0.3 is 39.0 Å². The summed E-state index contributed by atoms with van der Waals surface area (Å²) in [5, 5.41) is 5.73. The highest BCUT2D eigenvalue weighted by molar-refractivity contribution is 6.10. The van der Waals surface area contributed by atoms with E-state index in [1.807, 2.05) is 10.6 Å². The first kappa shape index (κ1) is 33.8. The number of benzene rings is 3. The number of ether oxygens (including phenoxy) is 4. The Morgan fingerprint density at radius 3 is 1.98 bits per heavy atom. The molecule has 1 saturated heterocycles. The first-order valence-corrected chi connectivity index (χ1v) is 15.9. The lowest BCUT2D eigenvalue weighted by atomic mass is 9.83. The summed E-state index contributed by atoms with van der Waals surface area (Å²) >= 11 is 0. The molecule has 1 fully saturated rings. The molecule has 2 N–H and O–H groups in total. The second-order valence-electron chi connectivity index (χ2n) is 12.1. The van der Waals surface area contributed by atoms with E-state index in [9.17, 15) is 24.0 Å². The second kappa shape index (κ2) is 14.2. The maximum atomic E-state index is 13.7. The smallest absolute Gasteiger partial charge is 0.337 e. The first-order chi connectivity index (χ1) is 24.1. The van der Waals surface area contributed by atoms with Crippen LogP contribution in [0, 0.1) is 5.92 Å². The van der Waals surface area contributed by atoms with Crippen LogP contribution in [0.15, 0.2) is 77.6 Å². The molecule has 2 amide bonds. The lowest BCUT2D eigenvalue weighted by Crippen LogP contribution is -2.47. The molecule has 0 aliphatic carbocycles. The number of nitrogens with zero attached hydrogens (tertiary/aromatic N) is 2. The topological polar surface area (TPSA) is 154 Å². The number of nitrogens with one attached hydrogen (secondary N) is 2. The zero-order valence-electron chi connectivity index (χ0n) is 28.0. The van der Waals surface area contributed by atoms with Crippen LogP contribution in [-0.4, -0.2) is 69.8 Å². The van der Waals surface area contributed by atoms with E-state index in [2.05, 4.69) is 15.5 Å². The Morgan fingerprint density at radius 1 is 0.680 bits per heavy atom. The highest BCUT2D eigenvalue weighted by Crippen LogP contribution is 2.39. The number of amides is 2. The molecule has 13 heteroatoms. The molecule has 0 radical (unpaired) electrons. The largest absolute Gasteiger partial charge is 0.497 e. The first-order valence-electron chi connectivity index (χ1n) is 15.9. The van der Waals surface area contributed by atoms with Crippen molar-refractivity contribution in [3.05, 3.63) is 111 Å². The maximum Gasteiger partial charge on any atom is 0.337 e. The molecule has 258 valence electrons. The number of carbonyl (C=O) groups excluding carboxylic acids is 4. The highest BCUT2D eigenvalue weighted by Gasteiger charge is 2.35. The number of fused-ring (bicyclic) bond motifs is 4. The number of pyridine rings is 1. The van der Waals surface area contributed by atoms with E-state index in [1.54, 1.807) is 48.5 Å².